The molecule has 5 nitrogen and oxygen atoms in total. The molecule has 0 unspecified atom stereocenters. The van der Waals surface area contributed by atoms with Crippen LogP contribution in [0, 0.1) is 6.92 Å². The predicted molar refractivity (Wildman–Crippen MR) is 93.3 cm³/mol. The van der Waals surface area contributed by atoms with Crippen LogP contribution in [0.5, 0.6) is 0 Å². The molecule has 2 aromatic carbocycles. The van der Waals surface area contributed by atoms with Crippen LogP contribution in [0.25, 0.3) is 11.0 Å². The quantitative estimate of drug-likeness (QED) is 0.769. The van der Waals surface area contributed by atoms with E-state index in [0.717, 1.165) is 0 Å². The van der Waals surface area contributed by atoms with E-state index in [1.807, 2.05) is 0 Å². The molecule has 7 heteroatoms. The first-order chi connectivity index (χ1) is 11.4. The average molecular weight is 363 g/mol. The number of halogens is 2. The Balaban J connectivity index is 2.24. The van der Waals surface area contributed by atoms with Gasteiger partial charge in [0.2, 0.25) is 0 Å². The van der Waals surface area contributed by atoms with Gasteiger partial charge in [0.15, 0.2) is 0 Å². The number of hydrogen-bond acceptors (Lipinski definition) is 3. The van der Waals surface area contributed by atoms with Crippen LogP contribution in [-0.2, 0) is 6.54 Å². The van der Waals surface area contributed by atoms with Crippen molar-refractivity contribution in [3.05, 3.63) is 73.6 Å². The Hall–Kier alpha value is -2.37. The highest BCUT2D eigenvalue weighted by molar-refractivity contribution is 6.35. The van der Waals surface area contributed by atoms with Gasteiger partial charge < -0.3 is 9.67 Å². The fourth-order valence-corrected chi connectivity index (χ4v) is 2.95. The van der Waals surface area contributed by atoms with E-state index < -0.39 is 5.97 Å². The summed E-state index contributed by atoms with van der Waals surface area (Å²) in [6.45, 7) is 1.81. The fourth-order valence-electron chi connectivity index (χ4n) is 2.48. The molecule has 0 radical (unpaired) electrons. The number of aromatic carboxylic acids is 1. The van der Waals surface area contributed by atoms with Crippen molar-refractivity contribution >= 4 is 40.2 Å². The summed E-state index contributed by atoms with van der Waals surface area (Å²) in [5.74, 6) is -1.07. The number of carbonyl (C=O) groups is 1. The zero-order chi connectivity index (χ0) is 17.4. The number of benzene rings is 2. The standard InChI is InChI=1S/C17H12Cl2N2O3/c1-9-16(22)21(8-11-2-4-12(18)7-13(11)19)15-6-10(17(23)24)3-5-14(15)20-9/h2-7H,8H2,1H3,(H,23,24). The number of hydrogen-bond donors (Lipinski definition) is 1. The van der Waals surface area contributed by atoms with E-state index in [2.05, 4.69) is 4.98 Å². The second kappa shape index (κ2) is 6.26. The second-order valence-corrected chi connectivity index (χ2v) is 6.18. The molecule has 3 rings (SSSR count). The van der Waals surface area contributed by atoms with E-state index in [0.29, 0.717) is 32.3 Å². The van der Waals surface area contributed by atoms with Gasteiger partial charge in [-0.3, -0.25) is 4.79 Å². The van der Waals surface area contributed by atoms with Gasteiger partial charge in [0.25, 0.3) is 5.56 Å². The fraction of sp³-hybridized carbons (Fsp3) is 0.118. The average Bonchev–Trinajstić information content (AvgIpc) is 2.53. The highest BCUT2D eigenvalue weighted by atomic mass is 35.5. The molecule has 0 saturated heterocycles. The summed E-state index contributed by atoms with van der Waals surface area (Å²) in [4.78, 5) is 28.0. The van der Waals surface area contributed by atoms with Gasteiger partial charge >= 0.3 is 5.97 Å². The predicted octanol–water partition coefficient (Wildman–Crippen LogP) is 3.76. The Morgan fingerprint density at radius 1 is 1.21 bits per heavy atom. The second-order valence-electron chi connectivity index (χ2n) is 5.33. The molecule has 122 valence electrons. The lowest BCUT2D eigenvalue weighted by Crippen LogP contribution is -2.25. The molecule has 1 heterocycles. The van der Waals surface area contributed by atoms with Gasteiger partial charge in [-0.25, -0.2) is 9.78 Å². The first-order valence-electron chi connectivity index (χ1n) is 7.05. The van der Waals surface area contributed by atoms with Crippen LogP contribution in [0.1, 0.15) is 21.6 Å². The van der Waals surface area contributed by atoms with Crippen molar-refractivity contribution in [1.29, 1.82) is 0 Å². The Bertz CT molecular complexity index is 1030. The van der Waals surface area contributed by atoms with Gasteiger partial charge in [0, 0.05) is 10.0 Å². The van der Waals surface area contributed by atoms with Crippen LogP contribution in [-0.4, -0.2) is 20.6 Å². The van der Waals surface area contributed by atoms with Gasteiger partial charge in [-0.2, -0.15) is 0 Å². The third kappa shape index (κ3) is 3.00. The molecule has 3 aromatic rings. The maximum absolute atomic E-state index is 12.5. The molecular formula is C17H12Cl2N2O3. The van der Waals surface area contributed by atoms with Crippen LogP contribution in [0.3, 0.4) is 0 Å². The third-order valence-electron chi connectivity index (χ3n) is 3.70. The molecule has 1 N–H and O–H groups in total. The molecule has 0 aliphatic heterocycles. The normalized spacial score (nSPS) is 11.0. The van der Waals surface area contributed by atoms with E-state index in [9.17, 15) is 14.7 Å². The van der Waals surface area contributed by atoms with Crippen molar-refractivity contribution in [2.75, 3.05) is 0 Å². The molecule has 0 aliphatic rings. The lowest BCUT2D eigenvalue weighted by molar-refractivity contribution is 0.0697. The van der Waals surface area contributed by atoms with Gasteiger partial charge in [0.05, 0.1) is 23.1 Å². The minimum absolute atomic E-state index is 0.0866. The molecule has 0 aliphatic carbocycles. The van der Waals surface area contributed by atoms with Gasteiger partial charge in [-0.05, 0) is 42.8 Å². The summed E-state index contributed by atoms with van der Waals surface area (Å²) in [5.41, 5.74) is 1.81. The Labute approximate surface area is 147 Å². The number of rotatable bonds is 3. The molecule has 0 fully saturated rings. The first kappa shape index (κ1) is 16.5. The number of carboxylic acids is 1. The Kier molecular flexibility index (Phi) is 4.30. The van der Waals surface area contributed by atoms with Crippen molar-refractivity contribution in [2.45, 2.75) is 13.5 Å². The highest BCUT2D eigenvalue weighted by Crippen LogP contribution is 2.23. The van der Waals surface area contributed by atoms with E-state index in [1.165, 1.54) is 16.7 Å². The summed E-state index contributed by atoms with van der Waals surface area (Å²) in [5, 5.41) is 10.1. The zero-order valence-electron chi connectivity index (χ0n) is 12.6. The maximum atomic E-state index is 12.5. The van der Waals surface area contributed by atoms with Crippen molar-refractivity contribution in [3.63, 3.8) is 0 Å². The van der Waals surface area contributed by atoms with E-state index in [1.54, 1.807) is 31.2 Å². The number of fused-ring (bicyclic) bond motifs is 1. The van der Waals surface area contributed by atoms with Crippen LogP contribution >= 0.6 is 23.2 Å². The molecular weight excluding hydrogens is 351 g/mol. The maximum Gasteiger partial charge on any atom is 0.335 e. The zero-order valence-corrected chi connectivity index (χ0v) is 14.1. The molecule has 0 spiro atoms. The molecule has 0 amide bonds. The number of aromatic nitrogens is 2. The van der Waals surface area contributed by atoms with E-state index >= 15 is 0 Å². The summed E-state index contributed by atoms with van der Waals surface area (Å²) in [7, 11) is 0. The lowest BCUT2D eigenvalue weighted by atomic mass is 10.1. The summed E-state index contributed by atoms with van der Waals surface area (Å²) in [6, 6.07) is 9.51. The van der Waals surface area contributed by atoms with Crippen LogP contribution in [0.15, 0.2) is 41.2 Å². The number of carboxylic acid groups (broad SMARTS) is 1. The van der Waals surface area contributed by atoms with Crippen LogP contribution in [0.4, 0.5) is 0 Å². The molecule has 0 saturated carbocycles. The van der Waals surface area contributed by atoms with E-state index in [4.69, 9.17) is 23.2 Å². The SMILES string of the molecule is Cc1nc2ccc(C(=O)O)cc2n(Cc2ccc(Cl)cc2Cl)c1=O. The van der Waals surface area contributed by atoms with Crippen LogP contribution < -0.4 is 5.56 Å². The summed E-state index contributed by atoms with van der Waals surface area (Å²) < 4.78 is 1.47. The third-order valence-corrected chi connectivity index (χ3v) is 4.29. The number of aryl methyl sites for hydroxylation is 1. The largest absolute Gasteiger partial charge is 0.478 e. The Morgan fingerprint density at radius 3 is 2.62 bits per heavy atom. The lowest BCUT2D eigenvalue weighted by Gasteiger charge is -2.13. The van der Waals surface area contributed by atoms with Crippen molar-refractivity contribution in [3.8, 4) is 0 Å². The molecule has 1 aromatic heterocycles. The van der Waals surface area contributed by atoms with Gasteiger partial charge in [-0.1, -0.05) is 29.3 Å². The molecule has 24 heavy (non-hydrogen) atoms. The first-order valence-corrected chi connectivity index (χ1v) is 7.81. The van der Waals surface area contributed by atoms with E-state index in [-0.39, 0.29) is 17.7 Å². The minimum atomic E-state index is -1.07. The van der Waals surface area contributed by atoms with Gasteiger partial charge in [-0.15, -0.1) is 0 Å². The summed E-state index contributed by atoms with van der Waals surface area (Å²) >= 11 is 12.1. The number of nitrogens with zero attached hydrogens (tertiary/aromatic N) is 2. The molecule has 0 atom stereocenters. The topological polar surface area (TPSA) is 72.2 Å². The highest BCUT2D eigenvalue weighted by Gasteiger charge is 2.13. The smallest absolute Gasteiger partial charge is 0.335 e. The summed E-state index contributed by atoms with van der Waals surface area (Å²) in [6.07, 6.45) is 0. The van der Waals surface area contributed by atoms with Crippen molar-refractivity contribution in [1.82, 2.24) is 9.55 Å². The monoisotopic (exact) mass is 362 g/mol. The van der Waals surface area contributed by atoms with Crippen molar-refractivity contribution in [2.24, 2.45) is 0 Å². The van der Waals surface area contributed by atoms with Crippen LogP contribution in [0.2, 0.25) is 10.0 Å². The van der Waals surface area contributed by atoms with Gasteiger partial charge in [0.1, 0.15) is 5.69 Å². The minimum Gasteiger partial charge on any atom is -0.478 e. The molecule has 0 bridgehead atoms. The Morgan fingerprint density at radius 2 is 1.96 bits per heavy atom. The van der Waals surface area contributed by atoms with Crippen molar-refractivity contribution < 1.29 is 9.90 Å².